The van der Waals surface area contributed by atoms with E-state index >= 15 is 0 Å². The van der Waals surface area contributed by atoms with Gasteiger partial charge in [0.05, 0.1) is 13.7 Å². The van der Waals surface area contributed by atoms with Crippen LogP contribution in [0.25, 0.3) is 0 Å². The molecule has 1 amide bonds. The summed E-state index contributed by atoms with van der Waals surface area (Å²) in [5.74, 6) is -0.854. The van der Waals surface area contributed by atoms with E-state index in [9.17, 15) is 9.59 Å². The van der Waals surface area contributed by atoms with Crippen molar-refractivity contribution in [2.24, 2.45) is 0 Å². The second-order valence-electron chi connectivity index (χ2n) is 6.50. The maximum absolute atomic E-state index is 13.7. The number of methoxy groups -OCH3 is 1. The van der Waals surface area contributed by atoms with Crippen LogP contribution in [-0.4, -0.2) is 19.0 Å². The van der Waals surface area contributed by atoms with Gasteiger partial charge in [-0.15, -0.1) is 0 Å². The van der Waals surface area contributed by atoms with Gasteiger partial charge in [0, 0.05) is 11.3 Å². The van der Waals surface area contributed by atoms with Gasteiger partial charge < -0.3 is 9.64 Å². The molecule has 3 aromatic carbocycles. The number of nitrogens with zero attached hydrogens (tertiary/aromatic N) is 1. The number of carbonyl (C=O) groups is 2. The second-order valence-corrected chi connectivity index (χ2v) is 6.50. The van der Waals surface area contributed by atoms with Crippen LogP contribution < -0.4 is 4.90 Å². The molecule has 0 saturated carbocycles. The molecule has 1 heterocycles. The largest absolute Gasteiger partial charge is 0.468 e. The van der Waals surface area contributed by atoms with E-state index in [4.69, 9.17) is 4.74 Å². The van der Waals surface area contributed by atoms with Crippen LogP contribution >= 0.6 is 0 Å². The van der Waals surface area contributed by atoms with E-state index in [2.05, 4.69) is 0 Å². The van der Waals surface area contributed by atoms with Gasteiger partial charge in [-0.3, -0.25) is 9.59 Å². The minimum atomic E-state index is -1.48. The Morgan fingerprint density at radius 2 is 1.48 bits per heavy atom. The zero-order chi connectivity index (χ0) is 18.9. The van der Waals surface area contributed by atoms with Crippen LogP contribution in [-0.2, 0) is 26.3 Å². The third-order valence-corrected chi connectivity index (χ3v) is 5.05. The fourth-order valence-corrected chi connectivity index (χ4v) is 3.81. The lowest BCUT2D eigenvalue weighted by molar-refractivity contribution is -0.149. The van der Waals surface area contributed by atoms with Crippen LogP contribution in [0, 0.1) is 0 Å². The zero-order valence-corrected chi connectivity index (χ0v) is 15.0. The predicted octanol–water partition coefficient (Wildman–Crippen LogP) is 3.69. The molecule has 0 aromatic heterocycles. The molecular formula is C23H19NO3. The van der Waals surface area contributed by atoms with Crippen molar-refractivity contribution in [3.05, 3.63) is 102 Å². The van der Waals surface area contributed by atoms with Gasteiger partial charge in [-0.05, 0) is 17.2 Å². The first kappa shape index (κ1) is 17.0. The van der Waals surface area contributed by atoms with Gasteiger partial charge in [-0.25, -0.2) is 0 Å². The van der Waals surface area contributed by atoms with E-state index in [1.807, 2.05) is 72.8 Å². The highest BCUT2D eigenvalue weighted by Gasteiger charge is 2.58. The van der Waals surface area contributed by atoms with Gasteiger partial charge in [0.2, 0.25) is 0 Å². The number of para-hydroxylation sites is 1. The smallest absolute Gasteiger partial charge is 0.330 e. The zero-order valence-electron chi connectivity index (χ0n) is 15.0. The highest BCUT2D eigenvalue weighted by molar-refractivity contribution is 6.23. The molecule has 0 aliphatic carbocycles. The summed E-state index contributed by atoms with van der Waals surface area (Å²) in [6.45, 7) is 0.391. The van der Waals surface area contributed by atoms with Crippen molar-refractivity contribution in [1.29, 1.82) is 0 Å². The van der Waals surface area contributed by atoms with Gasteiger partial charge in [0.25, 0.3) is 5.91 Å². The van der Waals surface area contributed by atoms with Crippen molar-refractivity contribution in [3.63, 3.8) is 0 Å². The quantitative estimate of drug-likeness (QED) is 0.528. The molecule has 1 atom stereocenters. The Hall–Kier alpha value is -3.40. The lowest BCUT2D eigenvalue weighted by Crippen LogP contribution is -2.47. The lowest BCUT2D eigenvalue weighted by Gasteiger charge is -2.26. The number of rotatable bonds is 4. The number of hydrogen-bond donors (Lipinski definition) is 0. The number of fused-ring (bicyclic) bond motifs is 1. The Balaban J connectivity index is 1.92. The second kappa shape index (κ2) is 6.72. The number of hydrogen-bond acceptors (Lipinski definition) is 3. The summed E-state index contributed by atoms with van der Waals surface area (Å²) in [6.07, 6.45) is 0. The maximum atomic E-state index is 13.7. The number of carbonyl (C=O) groups excluding carboxylic acids is 2. The van der Waals surface area contributed by atoms with Crippen LogP contribution in [0.1, 0.15) is 16.7 Å². The molecule has 0 radical (unpaired) electrons. The molecule has 0 spiro atoms. The third kappa shape index (κ3) is 2.53. The van der Waals surface area contributed by atoms with Crippen molar-refractivity contribution in [1.82, 2.24) is 0 Å². The number of benzene rings is 3. The van der Waals surface area contributed by atoms with Crippen molar-refractivity contribution in [2.45, 2.75) is 12.0 Å². The lowest BCUT2D eigenvalue weighted by atomic mass is 9.75. The molecule has 3 aromatic rings. The molecule has 4 nitrogen and oxygen atoms in total. The summed E-state index contributed by atoms with van der Waals surface area (Å²) in [5.41, 5.74) is 1.52. The Bertz CT molecular complexity index is 985. The number of anilines is 1. The number of amides is 1. The molecular weight excluding hydrogens is 338 g/mol. The molecule has 0 N–H and O–H groups in total. The van der Waals surface area contributed by atoms with Crippen LogP contribution in [0.15, 0.2) is 84.9 Å². The van der Waals surface area contributed by atoms with E-state index in [1.165, 1.54) is 7.11 Å². The molecule has 134 valence electrons. The van der Waals surface area contributed by atoms with E-state index in [0.717, 1.165) is 11.3 Å². The Morgan fingerprint density at radius 3 is 2.15 bits per heavy atom. The van der Waals surface area contributed by atoms with Gasteiger partial charge in [-0.2, -0.15) is 0 Å². The molecule has 1 aliphatic rings. The Morgan fingerprint density at radius 1 is 0.889 bits per heavy atom. The van der Waals surface area contributed by atoms with Crippen LogP contribution in [0.2, 0.25) is 0 Å². The fourth-order valence-electron chi connectivity index (χ4n) is 3.81. The van der Waals surface area contributed by atoms with Crippen LogP contribution in [0.5, 0.6) is 0 Å². The number of ether oxygens (including phenoxy) is 1. The van der Waals surface area contributed by atoms with Gasteiger partial charge >= 0.3 is 5.97 Å². The van der Waals surface area contributed by atoms with Gasteiger partial charge in [0.15, 0.2) is 5.41 Å². The van der Waals surface area contributed by atoms with E-state index in [-0.39, 0.29) is 5.91 Å². The average molecular weight is 357 g/mol. The first-order valence-electron chi connectivity index (χ1n) is 8.79. The van der Waals surface area contributed by atoms with Crippen LogP contribution in [0.3, 0.4) is 0 Å². The third-order valence-electron chi connectivity index (χ3n) is 5.05. The first-order valence-corrected chi connectivity index (χ1v) is 8.79. The highest BCUT2D eigenvalue weighted by atomic mass is 16.5. The summed E-state index contributed by atoms with van der Waals surface area (Å²) >= 11 is 0. The predicted molar refractivity (Wildman–Crippen MR) is 103 cm³/mol. The number of esters is 1. The molecule has 1 aliphatic heterocycles. The summed E-state index contributed by atoms with van der Waals surface area (Å²) < 4.78 is 5.13. The van der Waals surface area contributed by atoms with Crippen LogP contribution in [0.4, 0.5) is 5.69 Å². The summed E-state index contributed by atoms with van der Waals surface area (Å²) in [4.78, 5) is 28.4. The standard InChI is InChI=1S/C23H19NO3/c1-27-22(26)23(18-12-6-3-7-13-18)19-14-8-9-15-20(19)24(21(23)25)16-17-10-4-2-5-11-17/h2-15H,16H2,1H3/t23-/m0/s1. The van der Waals surface area contributed by atoms with E-state index < -0.39 is 11.4 Å². The average Bonchev–Trinajstić information content (AvgIpc) is 2.98. The summed E-state index contributed by atoms with van der Waals surface area (Å²) in [6, 6.07) is 26.3. The van der Waals surface area contributed by atoms with E-state index in [1.54, 1.807) is 17.0 Å². The Labute approximate surface area is 158 Å². The first-order chi connectivity index (χ1) is 13.2. The van der Waals surface area contributed by atoms with Gasteiger partial charge in [0.1, 0.15) is 0 Å². The molecule has 0 saturated heterocycles. The van der Waals surface area contributed by atoms with Gasteiger partial charge in [-0.1, -0.05) is 78.9 Å². The summed E-state index contributed by atoms with van der Waals surface area (Å²) in [7, 11) is 1.32. The van der Waals surface area contributed by atoms with Crippen molar-refractivity contribution >= 4 is 17.6 Å². The van der Waals surface area contributed by atoms with Crippen molar-refractivity contribution in [3.8, 4) is 0 Å². The molecule has 4 rings (SSSR count). The summed E-state index contributed by atoms with van der Waals surface area (Å²) in [5, 5.41) is 0. The molecule has 0 unspecified atom stereocenters. The Kier molecular flexibility index (Phi) is 4.24. The van der Waals surface area contributed by atoms with Crippen molar-refractivity contribution in [2.75, 3.05) is 12.0 Å². The molecule has 0 bridgehead atoms. The minimum absolute atomic E-state index is 0.286. The van der Waals surface area contributed by atoms with E-state index in [0.29, 0.717) is 17.7 Å². The normalized spacial score (nSPS) is 18.3. The molecule has 27 heavy (non-hydrogen) atoms. The minimum Gasteiger partial charge on any atom is -0.468 e. The van der Waals surface area contributed by atoms with Crippen molar-refractivity contribution < 1.29 is 14.3 Å². The monoisotopic (exact) mass is 357 g/mol. The maximum Gasteiger partial charge on any atom is 0.330 e. The molecule has 4 heteroatoms. The SMILES string of the molecule is COC(=O)[C@]1(c2ccccc2)C(=O)N(Cc2ccccc2)c2ccccc21. The fraction of sp³-hybridized carbons (Fsp3) is 0.130. The topological polar surface area (TPSA) is 46.6 Å². The highest BCUT2D eigenvalue weighted by Crippen LogP contribution is 2.47. The molecule has 0 fully saturated rings.